The largest absolute Gasteiger partial charge is 0.372 e. The molecule has 1 saturated heterocycles. The zero-order valence-corrected chi connectivity index (χ0v) is 15.5. The standard InChI is InChI=1S/C21H19F2N5O/c22-17-8-5-15(13-18(17)23)25-21(29)19-9-10-20(27-26-19)24-14-3-6-16(7-4-14)28-11-1-2-12-28/h3-10,13H,1-2,11-12H2,(H,24,27)(H,25,29). The first kappa shape index (κ1) is 18.8. The highest BCUT2D eigenvalue weighted by molar-refractivity contribution is 6.02. The molecule has 148 valence electrons. The van der Waals surface area contributed by atoms with Crippen LogP contribution in [-0.4, -0.2) is 29.2 Å². The van der Waals surface area contributed by atoms with E-state index in [9.17, 15) is 13.6 Å². The smallest absolute Gasteiger partial charge is 0.276 e. The van der Waals surface area contributed by atoms with Crippen LogP contribution in [0.25, 0.3) is 0 Å². The summed E-state index contributed by atoms with van der Waals surface area (Å²) in [5.41, 5.74) is 2.25. The van der Waals surface area contributed by atoms with E-state index >= 15 is 0 Å². The SMILES string of the molecule is O=C(Nc1ccc(F)c(F)c1)c1ccc(Nc2ccc(N3CCCC3)cc2)nn1. The van der Waals surface area contributed by atoms with Crippen LogP contribution >= 0.6 is 0 Å². The fourth-order valence-corrected chi connectivity index (χ4v) is 3.17. The average Bonchev–Trinajstić information content (AvgIpc) is 3.27. The van der Waals surface area contributed by atoms with E-state index in [1.807, 2.05) is 12.1 Å². The summed E-state index contributed by atoms with van der Waals surface area (Å²) >= 11 is 0. The minimum absolute atomic E-state index is 0.0599. The second kappa shape index (κ2) is 8.22. The molecule has 29 heavy (non-hydrogen) atoms. The van der Waals surface area contributed by atoms with E-state index in [-0.39, 0.29) is 11.4 Å². The number of hydrogen-bond acceptors (Lipinski definition) is 5. The Morgan fingerprint density at radius 2 is 1.59 bits per heavy atom. The molecule has 3 aromatic rings. The second-order valence-corrected chi connectivity index (χ2v) is 6.75. The van der Waals surface area contributed by atoms with Gasteiger partial charge in [0.05, 0.1) is 0 Å². The van der Waals surface area contributed by atoms with Gasteiger partial charge >= 0.3 is 0 Å². The van der Waals surface area contributed by atoms with Crippen LogP contribution in [0.5, 0.6) is 0 Å². The van der Waals surface area contributed by atoms with Crippen molar-refractivity contribution in [2.45, 2.75) is 12.8 Å². The third kappa shape index (κ3) is 4.48. The number of benzene rings is 2. The number of hydrogen-bond donors (Lipinski definition) is 2. The van der Waals surface area contributed by atoms with Crippen molar-refractivity contribution in [3.63, 3.8) is 0 Å². The summed E-state index contributed by atoms with van der Waals surface area (Å²) in [5, 5.41) is 13.5. The highest BCUT2D eigenvalue weighted by Crippen LogP contribution is 2.23. The van der Waals surface area contributed by atoms with E-state index in [1.54, 1.807) is 6.07 Å². The highest BCUT2D eigenvalue weighted by Gasteiger charge is 2.13. The minimum Gasteiger partial charge on any atom is -0.372 e. The van der Waals surface area contributed by atoms with Crippen molar-refractivity contribution >= 4 is 28.8 Å². The Hall–Kier alpha value is -3.55. The molecule has 1 amide bonds. The maximum atomic E-state index is 13.2. The third-order valence-electron chi connectivity index (χ3n) is 4.69. The van der Waals surface area contributed by atoms with Gasteiger partial charge in [-0.15, -0.1) is 10.2 Å². The van der Waals surface area contributed by atoms with Crippen LogP contribution in [-0.2, 0) is 0 Å². The molecule has 2 heterocycles. The molecule has 0 spiro atoms. The predicted molar refractivity (Wildman–Crippen MR) is 108 cm³/mol. The molecule has 0 saturated carbocycles. The lowest BCUT2D eigenvalue weighted by Crippen LogP contribution is -2.17. The molecule has 0 aliphatic carbocycles. The summed E-state index contributed by atoms with van der Waals surface area (Å²) in [7, 11) is 0. The van der Waals surface area contributed by atoms with E-state index in [1.165, 1.54) is 30.7 Å². The zero-order chi connectivity index (χ0) is 20.2. The number of amides is 1. The minimum atomic E-state index is -1.04. The van der Waals surface area contributed by atoms with Crippen LogP contribution in [0.2, 0.25) is 0 Å². The number of rotatable bonds is 5. The first-order chi connectivity index (χ1) is 14.1. The van der Waals surface area contributed by atoms with Crippen molar-refractivity contribution in [2.75, 3.05) is 28.6 Å². The Morgan fingerprint density at radius 1 is 0.862 bits per heavy atom. The van der Waals surface area contributed by atoms with Crippen LogP contribution in [0.1, 0.15) is 23.3 Å². The Balaban J connectivity index is 1.38. The maximum Gasteiger partial charge on any atom is 0.276 e. The molecule has 8 heteroatoms. The van der Waals surface area contributed by atoms with Crippen LogP contribution in [0.3, 0.4) is 0 Å². The van der Waals surface area contributed by atoms with Gasteiger partial charge in [-0.3, -0.25) is 4.79 Å². The van der Waals surface area contributed by atoms with Crippen LogP contribution in [0.15, 0.2) is 54.6 Å². The van der Waals surface area contributed by atoms with Gasteiger partial charge in [0.1, 0.15) is 0 Å². The van der Waals surface area contributed by atoms with Crippen LogP contribution in [0.4, 0.5) is 31.7 Å². The Bertz CT molecular complexity index is 1000. The maximum absolute atomic E-state index is 13.2. The molecule has 0 radical (unpaired) electrons. The van der Waals surface area contributed by atoms with Crippen molar-refractivity contribution in [2.24, 2.45) is 0 Å². The zero-order valence-electron chi connectivity index (χ0n) is 15.5. The quantitative estimate of drug-likeness (QED) is 0.672. The molecule has 0 atom stereocenters. The number of halogens is 2. The summed E-state index contributed by atoms with van der Waals surface area (Å²) in [4.78, 5) is 14.5. The molecular formula is C21H19F2N5O. The monoisotopic (exact) mass is 395 g/mol. The van der Waals surface area contributed by atoms with Gasteiger partial charge in [0, 0.05) is 36.2 Å². The Morgan fingerprint density at radius 3 is 2.24 bits per heavy atom. The topological polar surface area (TPSA) is 70.2 Å². The third-order valence-corrected chi connectivity index (χ3v) is 4.69. The molecule has 1 aliphatic rings. The fourth-order valence-electron chi connectivity index (χ4n) is 3.17. The average molecular weight is 395 g/mol. The summed E-state index contributed by atoms with van der Waals surface area (Å²) in [6.07, 6.45) is 2.46. The summed E-state index contributed by atoms with van der Waals surface area (Å²) in [6, 6.07) is 14.3. The normalized spacial score (nSPS) is 13.4. The van der Waals surface area contributed by atoms with Crippen molar-refractivity contribution < 1.29 is 13.6 Å². The number of carbonyl (C=O) groups excluding carboxylic acids is 1. The first-order valence-electron chi connectivity index (χ1n) is 9.31. The predicted octanol–water partition coefficient (Wildman–Crippen LogP) is 4.35. The summed E-state index contributed by atoms with van der Waals surface area (Å²) in [6.45, 7) is 2.18. The van der Waals surface area contributed by atoms with Gasteiger partial charge < -0.3 is 15.5 Å². The van der Waals surface area contributed by atoms with Crippen molar-refractivity contribution in [1.82, 2.24) is 10.2 Å². The summed E-state index contributed by atoms with van der Waals surface area (Å²) < 4.78 is 26.2. The van der Waals surface area contributed by atoms with Crippen molar-refractivity contribution in [3.05, 3.63) is 71.9 Å². The number of carbonyl (C=O) groups is 1. The molecule has 2 aromatic carbocycles. The van der Waals surface area contributed by atoms with E-state index < -0.39 is 17.5 Å². The summed E-state index contributed by atoms with van der Waals surface area (Å²) in [5.74, 6) is -2.09. The van der Waals surface area contributed by atoms with Gasteiger partial charge in [0.25, 0.3) is 5.91 Å². The molecular weight excluding hydrogens is 376 g/mol. The number of anilines is 4. The second-order valence-electron chi connectivity index (χ2n) is 6.75. The Labute approximate surface area is 166 Å². The van der Waals surface area contributed by atoms with E-state index in [0.29, 0.717) is 5.82 Å². The van der Waals surface area contributed by atoms with Crippen LogP contribution in [0, 0.1) is 11.6 Å². The molecule has 2 N–H and O–H groups in total. The Kier molecular flexibility index (Phi) is 5.33. The molecule has 1 aromatic heterocycles. The number of nitrogens with zero attached hydrogens (tertiary/aromatic N) is 3. The molecule has 4 rings (SSSR count). The fraction of sp³-hybridized carbons (Fsp3) is 0.190. The van der Waals surface area contributed by atoms with Crippen LogP contribution < -0.4 is 15.5 Å². The lowest BCUT2D eigenvalue weighted by molar-refractivity contribution is 0.102. The lowest BCUT2D eigenvalue weighted by atomic mass is 10.2. The number of aromatic nitrogens is 2. The van der Waals surface area contributed by atoms with Gasteiger partial charge in [-0.05, 0) is 61.4 Å². The molecule has 1 fully saturated rings. The van der Waals surface area contributed by atoms with Gasteiger partial charge in [0.2, 0.25) is 0 Å². The number of nitrogens with one attached hydrogen (secondary N) is 2. The van der Waals surface area contributed by atoms with E-state index in [0.717, 1.165) is 30.9 Å². The highest BCUT2D eigenvalue weighted by atomic mass is 19.2. The molecule has 1 aliphatic heterocycles. The van der Waals surface area contributed by atoms with Gasteiger partial charge in [-0.2, -0.15) is 0 Å². The molecule has 0 bridgehead atoms. The van der Waals surface area contributed by atoms with Gasteiger partial charge in [-0.1, -0.05) is 0 Å². The van der Waals surface area contributed by atoms with E-state index in [2.05, 4.69) is 37.9 Å². The molecule has 6 nitrogen and oxygen atoms in total. The van der Waals surface area contributed by atoms with E-state index in [4.69, 9.17) is 0 Å². The lowest BCUT2D eigenvalue weighted by Gasteiger charge is -2.17. The van der Waals surface area contributed by atoms with Gasteiger partial charge in [-0.25, -0.2) is 8.78 Å². The van der Waals surface area contributed by atoms with Gasteiger partial charge in [0.15, 0.2) is 23.1 Å². The van der Waals surface area contributed by atoms with Crippen molar-refractivity contribution in [3.8, 4) is 0 Å². The molecule has 0 unspecified atom stereocenters. The first-order valence-corrected chi connectivity index (χ1v) is 9.31. The van der Waals surface area contributed by atoms with Crippen molar-refractivity contribution in [1.29, 1.82) is 0 Å².